The van der Waals surface area contributed by atoms with Gasteiger partial charge < -0.3 is 15.4 Å². The smallest absolute Gasteiger partial charge is 0.190 e. The van der Waals surface area contributed by atoms with Crippen LogP contribution in [0.15, 0.2) is 4.99 Å². The molecule has 2 N–H and O–H groups in total. The molecule has 1 saturated carbocycles. The van der Waals surface area contributed by atoms with Gasteiger partial charge >= 0.3 is 0 Å². The predicted molar refractivity (Wildman–Crippen MR) is 106 cm³/mol. The van der Waals surface area contributed by atoms with E-state index in [2.05, 4.69) is 15.6 Å². The maximum Gasteiger partial charge on any atom is 0.190 e. The van der Waals surface area contributed by atoms with Crippen LogP contribution < -0.4 is 10.6 Å². The van der Waals surface area contributed by atoms with Gasteiger partial charge in [-0.3, -0.25) is 4.99 Å². The Morgan fingerprint density at radius 2 is 1.64 bits per heavy atom. The Kier molecular flexibility index (Phi) is 15.8. The van der Waals surface area contributed by atoms with Crippen molar-refractivity contribution in [3.8, 4) is 0 Å². The Morgan fingerprint density at radius 3 is 2.23 bits per heavy atom. The molecule has 0 heterocycles. The molecule has 0 bridgehead atoms. The molecular formula is C17H36IN3O. The highest BCUT2D eigenvalue weighted by molar-refractivity contribution is 14.0. The van der Waals surface area contributed by atoms with E-state index in [1.54, 1.807) is 7.11 Å². The summed E-state index contributed by atoms with van der Waals surface area (Å²) in [6.07, 6.45) is 13.4. The second kappa shape index (κ2) is 15.8. The summed E-state index contributed by atoms with van der Waals surface area (Å²) in [4.78, 5) is 4.27. The van der Waals surface area contributed by atoms with E-state index >= 15 is 0 Å². The van der Waals surface area contributed by atoms with E-state index in [-0.39, 0.29) is 24.0 Å². The summed E-state index contributed by atoms with van der Waals surface area (Å²) in [7, 11) is 3.61. The predicted octanol–water partition coefficient (Wildman–Crippen LogP) is 3.95. The number of rotatable bonds is 11. The van der Waals surface area contributed by atoms with Crippen molar-refractivity contribution in [2.75, 3.05) is 33.9 Å². The normalized spacial score (nSPS) is 15.6. The molecule has 0 saturated heterocycles. The molecule has 4 nitrogen and oxygen atoms in total. The van der Waals surface area contributed by atoms with Gasteiger partial charge in [-0.05, 0) is 31.6 Å². The van der Waals surface area contributed by atoms with Gasteiger partial charge in [0.1, 0.15) is 0 Å². The van der Waals surface area contributed by atoms with Crippen molar-refractivity contribution in [1.82, 2.24) is 10.6 Å². The fourth-order valence-electron chi connectivity index (χ4n) is 3.04. The van der Waals surface area contributed by atoms with Gasteiger partial charge in [0.15, 0.2) is 5.96 Å². The van der Waals surface area contributed by atoms with Gasteiger partial charge in [0.05, 0.1) is 0 Å². The summed E-state index contributed by atoms with van der Waals surface area (Å²) in [6.45, 7) is 2.90. The highest BCUT2D eigenvalue weighted by Gasteiger charge is 2.13. The summed E-state index contributed by atoms with van der Waals surface area (Å²) < 4.78 is 5.05. The van der Waals surface area contributed by atoms with Gasteiger partial charge in [0, 0.05) is 33.9 Å². The van der Waals surface area contributed by atoms with E-state index in [0.29, 0.717) is 0 Å². The van der Waals surface area contributed by atoms with Crippen molar-refractivity contribution >= 4 is 29.9 Å². The van der Waals surface area contributed by atoms with E-state index in [9.17, 15) is 0 Å². The average molecular weight is 425 g/mol. The second-order valence-corrected chi connectivity index (χ2v) is 6.13. The Hall–Kier alpha value is -0.0400. The maximum absolute atomic E-state index is 5.05. The standard InChI is InChI=1S/C17H35N3O.HI/c1-18-17(19-13-7-3-9-15-21-2)20-14-8-6-12-16-10-4-5-11-16;/h16H,3-15H2,1-2H3,(H2,18,19,20);1H. The van der Waals surface area contributed by atoms with E-state index in [4.69, 9.17) is 4.74 Å². The molecule has 0 aromatic heterocycles. The average Bonchev–Trinajstić information content (AvgIpc) is 3.01. The van der Waals surface area contributed by atoms with Crippen LogP contribution in [0.4, 0.5) is 0 Å². The van der Waals surface area contributed by atoms with Crippen LogP contribution in [-0.4, -0.2) is 39.8 Å². The van der Waals surface area contributed by atoms with Gasteiger partial charge in [0.25, 0.3) is 0 Å². The number of nitrogens with one attached hydrogen (secondary N) is 2. The number of hydrogen-bond acceptors (Lipinski definition) is 2. The first-order valence-electron chi connectivity index (χ1n) is 8.80. The molecule has 0 aromatic carbocycles. The van der Waals surface area contributed by atoms with Gasteiger partial charge in [-0.1, -0.05) is 38.5 Å². The first kappa shape index (κ1) is 22.0. The van der Waals surface area contributed by atoms with E-state index in [1.807, 2.05) is 7.05 Å². The number of nitrogens with zero attached hydrogens (tertiary/aromatic N) is 1. The molecule has 132 valence electrons. The third-order valence-electron chi connectivity index (χ3n) is 4.35. The SMILES string of the molecule is CN=C(NCCCCCOC)NCCCCC1CCCC1.I. The quantitative estimate of drug-likeness (QED) is 0.228. The molecule has 1 aliphatic carbocycles. The number of methoxy groups -OCH3 is 1. The molecule has 0 aromatic rings. The van der Waals surface area contributed by atoms with Crippen LogP contribution in [0.2, 0.25) is 0 Å². The number of ether oxygens (including phenoxy) is 1. The van der Waals surface area contributed by atoms with Crippen LogP contribution in [-0.2, 0) is 4.74 Å². The number of aliphatic imine (C=N–C) groups is 1. The van der Waals surface area contributed by atoms with E-state index in [1.165, 1.54) is 57.8 Å². The molecule has 0 unspecified atom stereocenters. The van der Waals surface area contributed by atoms with Crippen molar-refractivity contribution in [3.63, 3.8) is 0 Å². The number of unbranched alkanes of at least 4 members (excludes halogenated alkanes) is 3. The van der Waals surface area contributed by atoms with Gasteiger partial charge in [-0.25, -0.2) is 0 Å². The molecule has 1 aliphatic rings. The van der Waals surface area contributed by atoms with Gasteiger partial charge in [-0.2, -0.15) is 0 Å². The van der Waals surface area contributed by atoms with Crippen LogP contribution in [0, 0.1) is 5.92 Å². The molecule has 1 fully saturated rings. The first-order valence-corrected chi connectivity index (χ1v) is 8.80. The minimum absolute atomic E-state index is 0. The monoisotopic (exact) mass is 425 g/mol. The largest absolute Gasteiger partial charge is 0.385 e. The molecule has 5 heteroatoms. The van der Waals surface area contributed by atoms with Crippen LogP contribution >= 0.6 is 24.0 Å². The molecule has 1 rings (SSSR count). The second-order valence-electron chi connectivity index (χ2n) is 6.13. The van der Waals surface area contributed by atoms with Crippen molar-refractivity contribution in [1.29, 1.82) is 0 Å². The summed E-state index contributed by atoms with van der Waals surface area (Å²) in [6, 6.07) is 0. The van der Waals surface area contributed by atoms with Crippen LogP contribution in [0.25, 0.3) is 0 Å². The molecule has 0 aliphatic heterocycles. The summed E-state index contributed by atoms with van der Waals surface area (Å²) >= 11 is 0. The van der Waals surface area contributed by atoms with Gasteiger partial charge in [-0.15, -0.1) is 24.0 Å². The topological polar surface area (TPSA) is 45.7 Å². The zero-order valence-electron chi connectivity index (χ0n) is 14.5. The lowest BCUT2D eigenvalue weighted by molar-refractivity contribution is 0.192. The van der Waals surface area contributed by atoms with Crippen molar-refractivity contribution in [2.24, 2.45) is 10.9 Å². The van der Waals surface area contributed by atoms with Crippen molar-refractivity contribution in [2.45, 2.75) is 64.2 Å². The van der Waals surface area contributed by atoms with Crippen molar-refractivity contribution in [3.05, 3.63) is 0 Å². The summed E-state index contributed by atoms with van der Waals surface area (Å²) in [5.41, 5.74) is 0. The minimum Gasteiger partial charge on any atom is -0.385 e. The maximum atomic E-state index is 5.05. The first-order chi connectivity index (χ1) is 10.4. The molecule has 22 heavy (non-hydrogen) atoms. The lowest BCUT2D eigenvalue weighted by atomic mass is 10.0. The third-order valence-corrected chi connectivity index (χ3v) is 4.35. The molecule has 0 spiro atoms. The highest BCUT2D eigenvalue weighted by atomic mass is 127. The fourth-order valence-corrected chi connectivity index (χ4v) is 3.04. The zero-order valence-corrected chi connectivity index (χ0v) is 16.9. The third kappa shape index (κ3) is 11.5. The number of guanidine groups is 1. The lowest BCUT2D eigenvalue weighted by Gasteiger charge is -2.12. The van der Waals surface area contributed by atoms with E-state index < -0.39 is 0 Å². The van der Waals surface area contributed by atoms with Crippen LogP contribution in [0.3, 0.4) is 0 Å². The summed E-state index contributed by atoms with van der Waals surface area (Å²) in [5.74, 6) is 1.97. The Balaban J connectivity index is 0.00000441. The Bertz CT molecular complexity index is 269. The lowest BCUT2D eigenvalue weighted by Crippen LogP contribution is -2.38. The molecule has 0 amide bonds. The Morgan fingerprint density at radius 1 is 1.00 bits per heavy atom. The van der Waals surface area contributed by atoms with Crippen molar-refractivity contribution < 1.29 is 4.74 Å². The van der Waals surface area contributed by atoms with Gasteiger partial charge in [0.2, 0.25) is 0 Å². The number of hydrogen-bond donors (Lipinski definition) is 2. The highest BCUT2D eigenvalue weighted by Crippen LogP contribution is 2.28. The van der Waals surface area contributed by atoms with E-state index in [0.717, 1.165) is 38.0 Å². The molecular weight excluding hydrogens is 389 g/mol. The molecule has 0 atom stereocenters. The molecule has 0 radical (unpaired) electrons. The minimum atomic E-state index is 0. The van der Waals surface area contributed by atoms with Crippen LogP contribution in [0.5, 0.6) is 0 Å². The zero-order chi connectivity index (χ0) is 15.2. The van der Waals surface area contributed by atoms with Crippen LogP contribution in [0.1, 0.15) is 64.2 Å². The summed E-state index contributed by atoms with van der Waals surface area (Å²) in [5, 5.41) is 6.79. The Labute approximate surface area is 154 Å². The fraction of sp³-hybridized carbons (Fsp3) is 0.941. The number of halogens is 1.